The van der Waals surface area contributed by atoms with Gasteiger partial charge in [-0.3, -0.25) is 4.79 Å². The van der Waals surface area contributed by atoms with Gasteiger partial charge < -0.3 is 10.2 Å². The fourth-order valence-electron chi connectivity index (χ4n) is 3.89. The summed E-state index contributed by atoms with van der Waals surface area (Å²) in [6, 6.07) is 6.65. The van der Waals surface area contributed by atoms with Crippen molar-refractivity contribution in [1.29, 1.82) is 0 Å². The molecule has 1 atom stereocenters. The molecular weight excluding hydrogens is 386 g/mol. The lowest BCUT2D eigenvalue weighted by atomic mass is 10.1. The van der Waals surface area contributed by atoms with Crippen molar-refractivity contribution in [3.05, 3.63) is 29.8 Å². The fraction of sp³-hybridized carbons (Fsp3) is 0.632. The maximum Gasteiger partial charge on any atom is 0.254 e. The largest absolute Gasteiger partial charge is 0.334 e. The molecule has 1 unspecified atom stereocenters. The Morgan fingerprint density at radius 2 is 2.00 bits per heavy atom. The standard InChI is InChI=1S/C19H29N3O3S.ClH/c1-2-12-22(17-10-11-20-14-17)19(23)15-6-5-9-18(13-15)26(24,25)21-16-7-3-4-8-16;/h5-6,9,13,16-17,20-21H,2-4,7-8,10-12,14H2,1H3;1H. The Morgan fingerprint density at radius 3 is 2.63 bits per heavy atom. The van der Waals surface area contributed by atoms with Crippen LogP contribution in [0.3, 0.4) is 0 Å². The molecule has 0 bridgehead atoms. The summed E-state index contributed by atoms with van der Waals surface area (Å²) in [6.07, 6.45) is 5.71. The first kappa shape index (κ1) is 22.1. The number of carbonyl (C=O) groups excluding carboxylic acids is 1. The van der Waals surface area contributed by atoms with Crippen LogP contribution in [0.2, 0.25) is 0 Å². The molecule has 1 aliphatic carbocycles. The first-order valence-electron chi connectivity index (χ1n) is 9.65. The number of carbonyl (C=O) groups is 1. The molecule has 6 nitrogen and oxygen atoms in total. The molecule has 1 saturated heterocycles. The number of nitrogens with one attached hydrogen (secondary N) is 2. The minimum atomic E-state index is -3.59. The zero-order valence-corrected chi connectivity index (χ0v) is 17.4. The van der Waals surface area contributed by atoms with Crippen LogP contribution in [-0.4, -0.2) is 50.9 Å². The van der Waals surface area contributed by atoms with E-state index in [4.69, 9.17) is 0 Å². The molecule has 1 heterocycles. The van der Waals surface area contributed by atoms with E-state index in [9.17, 15) is 13.2 Å². The van der Waals surface area contributed by atoms with Gasteiger partial charge in [-0.2, -0.15) is 0 Å². The van der Waals surface area contributed by atoms with Crippen molar-refractivity contribution in [2.75, 3.05) is 19.6 Å². The Hall–Kier alpha value is -1.15. The van der Waals surface area contributed by atoms with E-state index < -0.39 is 10.0 Å². The number of nitrogens with zero attached hydrogens (tertiary/aromatic N) is 1. The molecule has 8 heteroatoms. The van der Waals surface area contributed by atoms with Crippen LogP contribution in [0.4, 0.5) is 0 Å². The number of halogens is 1. The number of benzene rings is 1. The molecule has 1 amide bonds. The lowest BCUT2D eigenvalue weighted by Crippen LogP contribution is -2.42. The molecule has 1 aromatic rings. The fourth-order valence-corrected chi connectivity index (χ4v) is 5.24. The van der Waals surface area contributed by atoms with Crippen molar-refractivity contribution in [2.45, 2.75) is 62.4 Å². The third kappa shape index (κ3) is 5.44. The lowest BCUT2D eigenvalue weighted by Gasteiger charge is -2.28. The molecule has 27 heavy (non-hydrogen) atoms. The van der Waals surface area contributed by atoms with Gasteiger partial charge in [-0.1, -0.05) is 25.8 Å². The van der Waals surface area contributed by atoms with Crippen LogP contribution in [0.15, 0.2) is 29.2 Å². The number of sulfonamides is 1. The third-order valence-corrected chi connectivity index (χ3v) is 6.79. The highest BCUT2D eigenvalue weighted by atomic mass is 35.5. The highest BCUT2D eigenvalue weighted by Crippen LogP contribution is 2.22. The van der Waals surface area contributed by atoms with E-state index >= 15 is 0 Å². The van der Waals surface area contributed by atoms with E-state index in [0.29, 0.717) is 12.1 Å². The molecule has 3 rings (SSSR count). The van der Waals surface area contributed by atoms with Gasteiger partial charge in [-0.25, -0.2) is 13.1 Å². The van der Waals surface area contributed by atoms with Crippen molar-refractivity contribution >= 4 is 28.3 Å². The summed E-state index contributed by atoms with van der Waals surface area (Å²) in [5.74, 6) is -0.0848. The van der Waals surface area contributed by atoms with Gasteiger partial charge in [-0.05, 0) is 50.4 Å². The van der Waals surface area contributed by atoms with Crippen LogP contribution < -0.4 is 10.0 Å². The Bertz CT molecular complexity index is 729. The van der Waals surface area contributed by atoms with Crippen molar-refractivity contribution in [3.63, 3.8) is 0 Å². The smallest absolute Gasteiger partial charge is 0.254 e. The molecule has 0 radical (unpaired) electrons. The zero-order chi connectivity index (χ0) is 18.6. The Balaban J connectivity index is 0.00000261. The molecule has 0 aromatic heterocycles. The number of rotatable bonds is 7. The van der Waals surface area contributed by atoms with Crippen molar-refractivity contribution in [1.82, 2.24) is 14.9 Å². The Labute approximate surface area is 168 Å². The summed E-state index contributed by atoms with van der Waals surface area (Å²) in [7, 11) is -3.59. The van der Waals surface area contributed by atoms with E-state index in [1.54, 1.807) is 18.2 Å². The van der Waals surface area contributed by atoms with Crippen LogP contribution in [0.25, 0.3) is 0 Å². The summed E-state index contributed by atoms with van der Waals surface area (Å²) in [5, 5.41) is 3.29. The number of amides is 1. The van der Waals surface area contributed by atoms with Gasteiger partial charge in [0.05, 0.1) is 4.90 Å². The van der Waals surface area contributed by atoms with E-state index in [1.807, 2.05) is 4.90 Å². The Morgan fingerprint density at radius 1 is 1.26 bits per heavy atom. The van der Waals surface area contributed by atoms with Gasteiger partial charge in [0.25, 0.3) is 5.91 Å². The summed E-state index contributed by atoms with van der Waals surface area (Å²) in [4.78, 5) is 15.1. The van der Waals surface area contributed by atoms with Crippen LogP contribution >= 0.6 is 12.4 Å². The average molecular weight is 416 g/mol. The molecule has 2 aliphatic rings. The molecule has 2 fully saturated rings. The van der Waals surface area contributed by atoms with Gasteiger partial charge in [0.1, 0.15) is 0 Å². The minimum Gasteiger partial charge on any atom is -0.334 e. The molecule has 1 aromatic carbocycles. The molecule has 152 valence electrons. The maximum absolute atomic E-state index is 13.0. The molecule has 1 aliphatic heterocycles. The summed E-state index contributed by atoms with van der Waals surface area (Å²) in [5.41, 5.74) is 0.444. The van der Waals surface area contributed by atoms with Gasteiger partial charge in [-0.15, -0.1) is 12.4 Å². The van der Waals surface area contributed by atoms with Gasteiger partial charge in [0, 0.05) is 30.7 Å². The number of hydrogen-bond acceptors (Lipinski definition) is 4. The van der Waals surface area contributed by atoms with Gasteiger partial charge in [0.2, 0.25) is 10.0 Å². The summed E-state index contributed by atoms with van der Waals surface area (Å²) < 4.78 is 28.1. The molecule has 2 N–H and O–H groups in total. The monoisotopic (exact) mass is 415 g/mol. The van der Waals surface area contributed by atoms with Crippen molar-refractivity contribution in [2.24, 2.45) is 0 Å². The normalized spacial score (nSPS) is 20.4. The van der Waals surface area contributed by atoms with Gasteiger partial charge >= 0.3 is 0 Å². The SMILES string of the molecule is CCCN(C(=O)c1cccc(S(=O)(=O)NC2CCCC2)c1)C1CCNC1.Cl. The lowest BCUT2D eigenvalue weighted by molar-refractivity contribution is 0.0692. The van der Waals surface area contributed by atoms with Crippen LogP contribution in [-0.2, 0) is 10.0 Å². The third-order valence-electron chi connectivity index (χ3n) is 5.27. The zero-order valence-electron chi connectivity index (χ0n) is 15.8. The van der Waals surface area contributed by atoms with E-state index in [0.717, 1.165) is 51.6 Å². The first-order chi connectivity index (χ1) is 12.5. The second kappa shape index (κ2) is 9.87. The van der Waals surface area contributed by atoms with Crippen LogP contribution in [0, 0.1) is 0 Å². The second-order valence-electron chi connectivity index (χ2n) is 7.28. The predicted molar refractivity (Wildman–Crippen MR) is 109 cm³/mol. The Kier molecular flexibility index (Phi) is 8.09. The molecule has 0 spiro atoms. The highest BCUT2D eigenvalue weighted by Gasteiger charge is 2.28. The first-order valence-corrected chi connectivity index (χ1v) is 11.1. The quantitative estimate of drug-likeness (QED) is 0.717. The average Bonchev–Trinajstić information content (AvgIpc) is 3.33. The summed E-state index contributed by atoms with van der Waals surface area (Å²) >= 11 is 0. The van der Waals surface area contributed by atoms with E-state index in [1.165, 1.54) is 6.07 Å². The second-order valence-corrected chi connectivity index (χ2v) is 8.99. The summed E-state index contributed by atoms with van der Waals surface area (Å²) in [6.45, 7) is 4.45. The topological polar surface area (TPSA) is 78.5 Å². The van der Waals surface area contributed by atoms with Crippen LogP contribution in [0.5, 0.6) is 0 Å². The predicted octanol–water partition coefficient (Wildman–Crippen LogP) is 2.54. The van der Waals surface area contributed by atoms with Gasteiger partial charge in [0.15, 0.2) is 0 Å². The van der Waals surface area contributed by atoms with Crippen LogP contribution in [0.1, 0.15) is 55.8 Å². The maximum atomic E-state index is 13.0. The molecular formula is C19H30ClN3O3S. The van der Waals surface area contributed by atoms with E-state index in [2.05, 4.69) is 17.0 Å². The molecule has 1 saturated carbocycles. The van der Waals surface area contributed by atoms with Crippen molar-refractivity contribution in [3.8, 4) is 0 Å². The number of hydrogen-bond donors (Lipinski definition) is 2. The highest BCUT2D eigenvalue weighted by molar-refractivity contribution is 7.89. The minimum absolute atomic E-state index is 0. The van der Waals surface area contributed by atoms with Crippen molar-refractivity contribution < 1.29 is 13.2 Å². The van der Waals surface area contributed by atoms with E-state index in [-0.39, 0.29) is 35.3 Å².